The van der Waals surface area contributed by atoms with Crippen molar-refractivity contribution in [3.8, 4) is 29.5 Å². The lowest BCUT2D eigenvalue weighted by atomic mass is 10.1. The molecule has 8 nitrogen and oxygen atoms in total. The van der Waals surface area contributed by atoms with Crippen LogP contribution in [0.3, 0.4) is 0 Å². The van der Waals surface area contributed by atoms with Crippen LogP contribution in [-0.2, 0) is 0 Å². The molecular formula is C20H18N6O2. The molecule has 28 heavy (non-hydrogen) atoms. The Labute approximate surface area is 162 Å². The Bertz CT molecular complexity index is 1110. The molecule has 0 radical (unpaired) electrons. The van der Waals surface area contributed by atoms with Gasteiger partial charge < -0.3 is 14.4 Å². The number of nitrogens with zero attached hydrogens (tertiary/aromatic N) is 6. The topological polar surface area (TPSA) is 77.7 Å². The average molecular weight is 374 g/mol. The maximum absolute atomic E-state index is 5.61. The lowest BCUT2D eigenvalue weighted by Crippen LogP contribution is -2.22. The molecule has 0 amide bonds. The van der Waals surface area contributed by atoms with Gasteiger partial charge in [-0.15, -0.1) is 11.5 Å². The third-order valence-corrected chi connectivity index (χ3v) is 4.54. The lowest BCUT2D eigenvalue weighted by molar-refractivity contribution is 0.413. The minimum absolute atomic E-state index is 0.451. The van der Waals surface area contributed by atoms with E-state index in [1.54, 1.807) is 18.9 Å². The summed E-state index contributed by atoms with van der Waals surface area (Å²) in [5, 5.41) is 11.7. The molecular weight excluding hydrogens is 356 g/mol. The van der Waals surface area contributed by atoms with Crippen LogP contribution in [0.4, 0.5) is 11.4 Å². The molecule has 0 unspecified atom stereocenters. The number of anilines is 2. The van der Waals surface area contributed by atoms with Gasteiger partial charge in [0.15, 0.2) is 5.82 Å². The monoisotopic (exact) mass is 374 g/mol. The molecule has 0 aliphatic carbocycles. The lowest BCUT2D eigenvalue weighted by Gasteiger charge is -2.29. The minimum Gasteiger partial charge on any atom is -0.497 e. The van der Waals surface area contributed by atoms with Crippen molar-refractivity contribution in [2.24, 2.45) is 4.99 Å². The van der Waals surface area contributed by atoms with Crippen LogP contribution in [0.5, 0.6) is 11.5 Å². The van der Waals surface area contributed by atoms with Gasteiger partial charge in [0.25, 0.3) is 0 Å². The molecule has 0 N–H and O–H groups in total. The molecule has 0 fully saturated rings. The molecule has 140 valence electrons. The van der Waals surface area contributed by atoms with Gasteiger partial charge in [0.2, 0.25) is 0 Å². The first-order valence-corrected chi connectivity index (χ1v) is 8.55. The highest BCUT2D eigenvalue weighted by atomic mass is 16.5. The Balaban J connectivity index is 1.86. The van der Waals surface area contributed by atoms with Gasteiger partial charge >= 0.3 is 0 Å². The first kappa shape index (κ1) is 17.5. The Kier molecular flexibility index (Phi) is 4.41. The fourth-order valence-electron chi connectivity index (χ4n) is 3.16. The highest BCUT2D eigenvalue weighted by molar-refractivity contribution is 5.93. The molecule has 8 heteroatoms. The molecule has 3 aromatic rings. The van der Waals surface area contributed by atoms with E-state index >= 15 is 0 Å². The third-order valence-electron chi connectivity index (χ3n) is 4.54. The number of ether oxygens (including phenoxy) is 2. The molecule has 2 heterocycles. The van der Waals surface area contributed by atoms with Crippen molar-refractivity contribution >= 4 is 17.6 Å². The van der Waals surface area contributed by atoms with Gasteiger partial charge in [-0.05, 0) is 29.5 Å². The fraction of sp³-hybridized carbons (Fsp3) is 0.200. The molecule has 0 atom stereocenters. The number of benzene rings is 2. The molecule has 0 saturated heterocycles. The van der Waals surface area contributed by atoms with Crippen molar-refractivity contribution in [3.63, 3.8) is 0 Å². The smallest absolute Gasteiger partial charge is 0.153 e. The van der Waals surface area contributed by atoms with E-state index in [2.05, 4.69) is 31.3 Å². The summed E-state index contributed by atoms with van der Waals surface area (Å²) in [4.78, 5) is 6.54. The van der Waals surface area contributed by atoms with E-state index in [0.29, 0.717) is 29.6 Å². The van der Waals surface area contributed by atoms with Crippen LogP contribution in [0.2, 0.25) is 0 Å². The molecule has 4 rings (SSSR count). The number of aromatic nitrogens is 4. The summed E-state index contributed by atoms with van der Waals surface area (Å²) in [5.74, 6) is 4.66. The van der Waals surface area contributed by atoms with E-state index < -0.39 is 0 Å². The van der Waals surface area contributed by atoms with E-state index in [1.165, 1.54) is 0 Å². The Morgan fingerprint density at radius 2 is 1.89 bits per heavy atom. The number of hydrogen-bond donors (Lipinski definition) is 0. The molecule has 1 aliphatic rings. The van der Waals surface area contributed by atoms with Crippen LogP contribution in [-0.4, -0.2) is 47.3 Å². The van der Waals surface area contributed by atoms with Crippen molar-refractivity contribution < 1.29 is 9.47 Å². The van der Waals surface area contributed by atoms with Crippen molar-refractivity contribution in [1.29, 1.82) is 0 Å². The van der Waals surface area contributed by atoms with Gasteiger partial charge in [0, 0.05) is 35.7 Å². The number of aryl methyl sites for hydroxylation is 1. The normalized spacial score (nSPS) is 12.4. The molecule has 0 saturated carbocycles. The number of hydrogen-bond acceptors (Lipinski definition) is 7. The summed E-state index contributed by atoms with van der Waals surface area (Å²) >= 11 is 0. The first-order valence-electron chi connectivity index (χ1n) is 8.55. The second-order valence-electron chi connectivity index (χ2n) is 6.16. The summed E-state index contributed by atoms with van der Waals surface area (Å²) in [5.41, 5.74) is 4.23. The minimum atomic E-state index is 0.451. The number of terminal acetylenes is 1. The zero-order valence-corrected chi connectivity index (χ0v) is 15.7. The average Bonchev–Trinajstić information content (AvgIpc) is 3.17. The maximum atomic E-state index is 5.61. The summed E-state index contributed by atoms with van der Waals surface area (Å²) in [6.07, 6.45) is 7.42. The van der Waals surface area contributed by atoms with E-state index in [-0.39, 0.29) is 0 Å². The summed E-state index contributed by atoms with van der Waals surface area (Å²) in [6.45, 7) is 2.29. The van der Waals surface area contributed by atoms with Gasteiger partial charge in [-0.25, -0.2) is 0 Å². The summed E-state index contributed by atoms with van der Waals surface area (Å²) in [6, 6.07) is 9.63. The van der Waals surface area contributed by atoms with Crippen LogP contribution in [0.1, 0.15) is 17.0 Å². The van der Waals surface area contributed by atoms with E-state index in [9.17, 15) is 0 Å². The standard InChI is InChI=1S/C20H18N6O2/c1-5-14-6-15-11-21-12-25(19(15)10-20(14)28-4)16-7-17(9-18(8-16)27-3)26-13(2)22-23-24-26/h1,6-11H,12H2,2-4H3. The Morgan fingerprint density at radius 1 is 1.07 bits per heavy atom. The number of tetrazole rings is 1. The van der Waals surface area contributed by atoms with Crippen molar-refractivity contribution in [1.82, 2.24) is 20.2 Å². The largest absolute Gasteiger partial charge is 0.497 e. The maximum Gasteiger partial charge on any atom is 0.153 e. The van der Waals surface area contributed by atoms with Crippen molar-refractivity contribution in [2.75, 3.05) is 25.8 Å². The predicted molar refractivity (Wildman–Crippen MR) is 106 cm³/mol. The molecule has 1 aromatic heterocycles. The van der Waals surface area contributed by atoms with Crippen molar-refractivity contribution in [3.05, 3.63) is 47.3 Å². The quantitative estimate of drug-likeness (QED) is 0.653. The van der Waals surface area contributed by atoms with Crippen LogP contribution in [0, 0.1) is 19.3 Å². The number of methoxy groups -OCH3 is 2. The number of fused-ring (bicyclic) bond motifs is 1. The summed E-state index contributed by atoms with van der Waals surface area (Å²) in [7, 11) is 3.23. The predicted octanol–water partition coefficient (Wildman–Crippen LogP) is 2.50. The summed E-state index contributed by atoms with van der Waals surface area (Å²) < 4.78 is 12.6. The van der Waals surface area contributed by atoms with Crippen LogP contribution >= 0.6 is 0 Å². The van der Waals surface area contributed by atoms with E-state index in [1.807, 2.05) is 43.5 Å². The first-order chi connectivity index (χ1) is 13.6. The molecule has 0 spiro atoms. The van der Waals surface area contributed by atoms with Gasteiger partial charge in [-0.3, -0.25) is 4.99 Å². The molecule has 1 aliphatic heterocycles. The van der Waals surface area contributed by atoms with E-state index in [4.69, 9.17) is 15.9 Å². The second kappa shape index (κ2) is 7.04. The zero-order valence-electron chi connectivity index (χ0n) is 15.7. The number of aliphatic imine (C=N–C) groups is 1. The molecule has 2 aromatic carbocycles. The SMILES string of the molecule is C#Cc1cc2c(cc1OC)N(c1cc(OC)cc(-n3nnnc3C)c1)CN=C2. The number of rotatable bonds is 4. The Morgan fingerprint density at radius 3 is 2.57 bits per heavy atom. The highest BCUT2D eigenvalue weighted by Crippen LogP contribution is 2.37. The highest BCUT2D eigenvalue weighted by Gasteiger charge is 2.20. The Hall–Kier alpha value is -3.86. The second-order valence-corrected chi connectivity index (χ2v) is 6.16. The van der Waals surface area contributed by atoms with Gasteiger partial charge in [0.05, 0.1) is 31.2 Å². The van der Waals surface area contributed by atoms with Crippen LogP contribution in [0.25, 0.3) is 5.69 Å². The third kappa shape index (κ3) is 2.93. The van der Waals surface area contributed by atoms with Gasteiger partial charge in [-0.1, -0.05) is 5.92 Å². The van der Waals surface area contributed by atoms with Gasteiger partial charge in [0.1, 0.15) is 18.2 Å². The molecule has 0 bridgehead atoms. The van der Waals surface area contributed by atoms with Gasteiger partial charge in [-0.2, -0.15) is 4.68 Å². The van der Waals surface area contributed by atoms with Crippen LogP contribution < -0.4 is 14.4 Å². The van der Waals surface area contributed by atoms with E-state index in [0.717, 1.165) is 22.6 Å². The fourth-order valence-corrected chi connectivity index (χ4v) is 3.16. The zero-order chi connectivity index (χ0) is 19.7. The van der Waals surface area contributed by atoms with Crippen LogP contribution in [0.15, 0.2) is 35.3 Å². The van der Waals surface area contributed by atoms with Crippen molar-refractivity contribution in [2.45, 2.75) is 6.92 Å².